The van der Waals surface area contributed by atoms with Crippen LogP contribution in [0.25, 0.3) is 0 Å². The highest BCUT2D eigenvalue weighted by Crippen LogP contribution is 2.03. The van der Waals surface area contributed by atoms with Crippen molar-refractivity contribution < 1.29 is 4.74 Å². The van der Waals surface area contributed by atoms with E-state index in [1.807, 2.05) is 0 Å². The maximum Gasteiger partial charge on any atom is 0.0839 e. The fourth-order valence-electron chi connectivity index (χ4n) is 0.169. The number of halogens is 2. The number of hydrogen-bond donors (Lipinski definition) is 0. The quantitative estimate of drug-likeness (QED) is 0.437. The van der Waals surface area contributed by atoms with Gasteiger partial charge in [0.25, 0.3) is 0 Å². The van der Waals surface area contributed by atoms with E-state index in [1.54, 1.807) is 6.08 Å². The van der Waals surface area contributed by atoms with Crippen LogP contribution in [-0.2, 0) is 4.74 Å². The lowest BCUT2D eigenvalue weighted by molar-refractivity contribution is 0.338. The summed E-state index contributed by atoms with van der Waals surface area (Å²) in [6.07, 6.45) is 3.00. The molecule has 0 rings (SSSR count). The van der Waals surface area contributed by atoms with E-state index in [1.165, 1.54) is 18.9 Å². The predicted octanol–water partition coefficient (Wildman–Crippen LogP) is 2.47. The monoisotopic (exact) mass is 152 g/mol. The minimum Gasteiger partial charge on any atom is -0.504 e. The number of allylic oxidation sites excluding steroid dienone is 2. The number of methoxy groups -OCH3 is 1. The first-order valence-corrected chi connectivity index (χ1v) is 2.78. The van der Waals surface area contributed by atoms with Gasteiger partial charge in [0, 0.05) is 5.54 Å². The maximum absolute atomic E-state index is 5.41. The van der Waals surface area contributed by atoms with Gasteiger partial charge in [-0.2, -0.15) is 0 Å². The summed E-state index contributed by atoms with van der Waals surface area (Å²) in [7, 11) is 1.54. The molecule has 3 heteroatoms. The van der Waals surface area contributed by atoms with Crippen molar-refractivity contribution in [1.82, 2.24) is 0 Å². The summed E-state index contributed by atoms with van der Waals surface area (Å²) in [5, 5.41) is 0.452. The third kappa shape index (κ3) is 4.03. The van der Waals surface area contributed by atoms with Crippen LogP contribution in [-0.4, -0.2) is 7.11 Å². The lowest BCUT2D eigenvalue weighted by Crippen LogP contribution is -1.63. The molecule has 0 bridgehead atoms. The summed E-state index contributed by atoms with van der Waals surface area (Å²) >= 11 is 10.6. The highest BCUT2D eigenvalue weighted by molar-refractivity contribution is 6.37. The van der Waals surface area contributed by atoms with E-state index < -0.39 is 0 Å². The van der Waals surface area contributed by atoms with Gasteiger partial charge >= 0.3 is 0 Å². The van der Waals surface area contributed by atoms with E-state index in [2.05, 4.69) is 4.74 Å². The van der Waals surface area contributed by atoms with Gasteiger partial charge in [0.15, 0.2) is 0 Å². The van der Waals surface area contributed by atoms with Crippen molar-refractivity contribution in [1.29, 1.82) is 0 Å². The SMILES string of the molecule is CO/C=C/C(Cl)=C/Cl. The molecule has 0 atom stereocenters. The van der Waals surface area contributed by atoms with Crippen molar-refractivity contribution >= 4 is 23.2 Å². The molecule has 0 heterocycles. The van der Waals surface area contributed by atoms with Crippen molar-refractivity contribution in [3.8, 4) is 0 Å². The second-order valence-corrected chi connectivity index (χ2v) is 1.69. The molecule has 0 fully saturated rings. The molecule has 0 aliphatic carbocycles. The fourth-order valence-corrected chi connectivity index (χ4v) is 0.294. The molecule has 0 aromatic heterocycles. The van der Waals surface area contributed by atoms with E-state index in [0.717, 1.165) is 0 Å². The van der Waals surface area contributed by atoms with Crippen molar-refractivity contribution in [3.05, 3.63) is 22.9 Å². The Kier molecular flexibility index (Phi) is 4.92. The first-order valence-electron chi connectivity index (χ1n) is 1.96. The van der Waals surface area contributed by atoms with Gasteiger partial charge in [0.05, 0.1) is 18.4 Å². The molecule has 1 nitrogen and oxygen atoms in total. The van der Waals surface area contributed by atoms with Gasteiger partial charge in [-0.15, -0.1) is 0 Å². The molecule has 8 heavy (non-hydrogen) atoms. The Hall–Kier alpha value is -0.140. The smallest absolute Gasteiger partial charge is 0.0839 e. The number of hydrogen-bond acceptors (Lipinski definition) is 1. The first kappa shape index (κ1) is 7.86. The Bertz CT molecular complexity index is 107. The second-order valence-electron chi connectivity index (χ2n) is 1.03. The third-order valence-electron chi connectivity index (χ3n) is 0.468. The highest BCUT2D eigenvalue weighted by Gasteiger charge is 1.77. The van der Waals surface area contributed by atoms with Gasteiger partial charge < -0.3 is 4.74 Å². The van der Waals surface area contributed by atoms with E-state index in [0.29, 0.717) is 5.03 Å². The molecule has 46 valence electrons. The van der Waals surface area contributed by atoms with Crippen LogP contribution in [0.15, 0.2) is 22.9 Å². The molecular weight excluding hydrogens is 147 g/mol. The lowest BCUT2D eigenvalue weighted by atomic mass is 10.6. The summed E-state index contributed by atoms with van der Waals surface area (Å²) in [4.78, 5) is 0. The van der Waals surface area contributed by atoms with Crippen LogP contribution < -0.4 is 0 Å². The first-order chi connectivity index (χ1) is 3.81. The second kappa shape index (κ2) is 5.01. The minimum atomic E-state index is 0.452. The molecule has 0 unspecified atom stereocenters. The fraction of sp³-hybridized carbons (Fsp3) is 0.200. The average molecular weight is 153 g/mol. The van der Waals surface area contributed by atoms with E-state index in [4.69, 9.17) is 23.2 Å². The van der Waals surface area contributed by atoms with Crippen LogP contribution in [0.4, 0.5) is 0 Å². The molecule has 0 saturated heterocycles. The van der Waals surface area contributed by atoms with Crippen LogP contribution in [0.5, 0.6) is 0 Å². The summed E-state index contributed by atoms with van der Waals surface area (Å²) < 4.78 is 4.55. The summed E-state index contributed by atoms with van der Waals surface area (Å²) in [6, 6.07) is 0. The lowest BCUT2D eigenvalue weighted by Gasteiger charge is -1.83. The summed E-state index contributed by atoms with van der Waals surface area (Å²) in [5.74, 6) is 0. The Morgan fingerprint density at radius 1 is 1.62 bits per heavy atom. The highest BCUT2D eigenvalue weighted by atomic mass is 35.5. The van der Waals surface area contributed by atoms with Gasteiger partial charge in [-0.3, -0.25) is 0 Å². The van der Waals surface area contributed by atoms with E-state index >= 15 is 0 Å². The van der Waals surface area contributed by atoms with Gasteiger partial charge in [0.2, 0.25) is 0 Å². The molecule has 0 amide bonds. The van der Waals surface area contributed by atoms with Crippen LogP contribution in [0.1, 0.15) is 0 Å². The Morgan fingerprint density at radius 2 is 2.25 bits per heavy atom. The summed E-state index contributed by atoms with van der Waals surface area (Å²) in [5.41, 5.74) is 1.26. The van der Waals surface area contributed by atoms with Crippen LogP contribution in [0, 0.1) is 0 Å². The average Bonchev–Trinajstić information content (AvgIpc) is 1.83. The van der Waals surface area contributed by atoms with Crippen molar-refractivity contribution in [2.75, 3.05) is 7.11 Å². The Balaban J connectivity index is 3.53. The van der Waals surface area contributed by atoms with Crippen LogP contribution in [0.2, 0.25) is 0 Å². The standard InChI is InChI=1S/C5H6Cl2O/c1-8-3-2-5(7)4-6/h2-4H,1H3/b3-2+,5-4-. The van der Waals surface area contributed by atoms with Gasteiger partial charge in [-0.25, -0.2) is 0 Å². The van der Waals surface area contributed by atoms with E-state index in [-0.39, 0.29) is 0 Å². The molecule has 0 spiro atoms. The molecular formula is C5H6Cl2O. The molecule has 0 aromatic rings. The van der Waals surface area contributed by atoms with Crippen molar-refractivity contribution in [3.63, 3.8) is 0 Å². The molecule has 0 saturated carbocycles. The molecule has 0 N–H and O–H groups in total. The van der Waals surface area contributed by atoms with E-state index in [9.17, 15) is 0 Å². The minimum absolute atomic E-state index is 0.452. The predicted molar refractivity (Wildman–Crippen MR) is 35.9 cm³/mol. The topological polar surface area (TPSA) is 9.23 Å². The number of ether oxygens (including phenoxy) is 1. The molecule has 0 aliphatic heterocycles. The Morgan fingerprint density at radius 3 is 2.62 bits per heavy atom. The Labute approximate surface area is 58.5 Å². The third-order valence-corrected chi connectivity index (χ3v) is 1.05. The molecule has 0 radical (unpaired) electrons. The largest absolute Gasteiger partial charge is 0.504 e. The zero-order valence-corrected chi connectivity index (χ0v) is 5.91. The number of rotatable bonds is 2. The molecule has 0 aliphatic rings. The van der Waals surface area contributed by atoms with Crippen LogP contribution in [0.3, 0.4) is 0 Å². The zero-order chi connectivity index (χ0) is 6.41. The van der Waals surface area contributed by atoms with Crippen molar-refractivity contribution in [2.24, 2.45) is 0 Å². The van der Waals surface area contributed by atoms with Crippen LogP contribution >= 0.6 is 23.2 Å². The normalized spacial score (nSPS) is 12.6. The van der Waals surface area contributed by atoms with Gasteiger partial charge in [-0.05, 0) is 6.08 Å². The van der Waals surface area contributed by atoms with Gasteiger partial charge in [-0.1, -0.05) is 23.2 Å². The summed E-state index contributed by atoms with van der Waals surface area (Å²) in [6.45, 7) is 0. The van der Waals surface area contributed by atoms with Crippen molar-refractivity contribution in [2.45, 2.75) is 0 Å². The van der Waals surface area contributed by atoms with Gasteiger partial charge in [0.1, 0.15) is 0 Å². The maximum atomic E-state index is 5.41. The zero-order valence-electron chi connectivity index (χ0n) is 4.40. The molecule has 0 aromatic carbocycles.